The molecular formula is C16H28N4O2. The summed E-state index contributed by atoms with van der Waals surface area (Å²) < 4.78 is 7.44. The molecule has 0 aromatic carbocycles. The third-order valence-corrected chi connectivity index (χ3v) is 5.10. The number of aliphatic hydroxyl groups excluding tert-OH is 1. The molecule has 3 rings (SSSR count). The van der Waals surface area contributed by atoms with Crippen LogP contribution in [0.4, 0.5) is 5.82 Å². The highest BCUT2D eigenvalue weighted by atomic mass is 16.5. The van der Waals surface area contributed by atoms with Gasteiger partial charge in [0.2, 0.25) is 0 Å². The summed E-state index contributed by atoms with van der Waals surface area (Å²) in [7, 11) is 2.01. The zero-order valence-electron chi connectivity index (χ0n) is 13.9. The van der Waals surface area contributed by atoms with Gasteiger partial charge < -0.3 is 20.1 Å². The van der Waals surface area contributed by atoms with E-state index in [1.54, 1.807) is 0 Å². The molecule has 0 radical (unpaired) electrons. The molecule has 1 atom stereocenters. The molecule has 6 nitrogen and oxygen atoms in total. The molecule has 2 fully saturated rings. The van der Waals surface area contributed by atoms with Crippen molar-refractivity contribution in [1.29, 1.82) is 0 Å². The summed E-state index contributed by atoms with van der Waals surface area (Å²) in [5, 5.41) is 18.0. The molecule has 0 bridgehead atoms. The number of ether oxygens (including phenoxy) is 1. The molecule has 1 aliphatic carbocycles. The van der Waals surface area contributed by atoms with Gasteiger partial charge in [-0.2, -0.15) is 5.10 Å². The number of morpholine rings is 1. The summed E-state index contributed by atoms with van der Waals surface area (Å²) in [5.41, 5.74) is 2.13. The zero-order chi connectivity index (χ0) is 15.7. The number of nitrogens with zero attached hydrogens (tertiary/aromatic N) is 3. The van der Waals surface area contributed by atoms with Crippen molar-refractivity contribution in [2.45, 2.75) is 38.8 Å². The first-order chi connectivity index (χ1) is 10.5. The summed E-state index contributed by atoms with van der Waals surface area (Å²) in [4.78, 5) is 2.36. The molecule has 2 aliphatic rings. The highest BCUT2D eigenvalue weighted by Crippen LogP contribution is 2.39. The average molecular weight is 308 g/mol. The monoisotopic (exact) mass is 308 g/mol. The lowest BCUT2D eigenvalue weighted by Crippen LogP contribution is -2.47. The van der Waals surface area contributed by atoms with E-state index in [4.69, 9.17) is 4.74 Å². The standard InChI is InChI=1S/C16H28N4O2/c1-12-14(10-17-16(2,11-21)13-4-5-13)15(19(3)18-12)20-6-8-22-9-7-20/h13,17,21H,4-11H2,1-3H3/t16-/m1/s1. The summed E-state index contributed by atoms with van der Waals surface area (Å²) in [6.45, 7) is 8.49. The van der Waals surface area contributed by atoms with Crippen molar-refractivity contribution in [3.8, 4) is 0 Å². The topological polar surface area (TPSA) is 62.5 Å². The van der Waals surface area contributed by atoms with Crippen molar-refractivity contribution in [2.75, 3.05) is 37.8 Å². The lowest BCUT2D eigenvalue weighted by Gasteiger charge is -2.32. The van der Waals surface area contributed by atoms with Crippen LogP contribution in [0.15, 0.2) is 0 Å². The maximum Gasteiger partial charge on any atom is 0.131 e. The maximum absolute atomic E-state index is 9.76. The fourth-order valence-electron chi connectivity index (χ4n) is 3.41. The Kier molecular flexibility index (Phi) is 4.43. The second-order valence-corrected chi connectivity index (χ2v) is 6.81. The molecule has 22 heavy (non-hydrogen) atoms. The Morgan fingerprint density at radius 2 is 2.05 bits per heavy atom. The van der Waals surface area contributed by atoms with Crippen molar-refractivity contribution in [1.82, 2.24) is 15.1 Å². The van der Waals surface area contributed by atoms with Crippen molar-refractivity contribution in [2.24, 2.45) is 13.0 Å². The van der Waals surface area contributed by atoms with Crippen LogP contribution in [-0.2, 0) is 18.3 Å². The molecule has 1 aromatic heterocycles. The van der Waals surface area contributed by atoms with Crippen LogP contribution in [-0.4, -0.2) is 53.3 Å². The van der Waals surface area contributed by atoms with E-state index in [1.165, 1.54) is 24.2 Å². The number of hydrogen-bond acceptors (Lipinski definition) is 5. The van der Waals surface area contributed by atoms with E-state index in [0.29, 0.717) is 5.92 Å². The van der Waals surface area contributed by atoms with Crippen molar-refractivity contribution < 1.29 is 9.84 Å². The van der Waals surface area contributed by atoms with Crippen molar-refractivity contribution >= 4 is 5.82 Å². The highest BCUT2D eigenvalue weighted by molar-refractivity contribution is 5.50. The number of anilines is 1. The molecule has 2 heterocycles. The van der Waals surface area contributed by atoms with E-state index in [0.717, 1.165) is 38.5 Å². The fourth-order valence-corrected chi connectivity index (χ4v) is 3.41. The number of rotatable bonds is 6. The predicted molar refractivity (Wildman–Crippen MR) is 86.0 cm³/mol. The SMILES string of the molecule is Cc1nn(C)c(N2CCOCC2)c1CN[C@](C)(CO)C1CC1. The second-order valence-electron chi connectivity index (χ2n) is 6.81. The normalized spacial score (nSPS) is 21.9. The fraction of sp³-hybridized carbons (Fsp3) is 0.812. The molecule has 124 valence electrons. The van der Waals surface area contributed by atoms with Gasteiger partial charge in [-0.1, -0.05) is 0 Å². The highest BCUT2D eigenvalue weighted by Gasteiger charge is 2.41. The Morgan fingerprint density at radius 1 is 1.36 bits per heavy atom. The molecule has 1 aliphatic heterocycles. The Bertz CT molecular complexity index is 520. The van der Waals surface area contributed by atoms with Crippen LogP contribution in [0.2, 0.25) is 0 Å². The van der Waals surface area contributed by atoms with Crippen molar-refractivity contribution in [3.05, 3.63) is 11.3 Å². The minimum Gasteiger partial charge on any atom is -0.394 e. The van der Waals surface area contributed by atoms with Crippen LogP contribution >= 0.6 is 0 Å². The van der Waals surface area contributed by atoms with Crippen LogP contribution in [0.25, 0.3) is 0 Å². The van der Waals surface area contributed by atoms with E-state index in [9.17, 15) is 5.11 Å². The Labute approximate surface area is 132 Å². The van der Waals surface area contributed by atoms with E-state index in [1.807, 2.05) is 11.7 Å². The van der Waals surface area contributed by atoms with Gasteiger partial charge in [-0.25, -0.2) is 0 Å². The number of nitrogens with one attached hydrogen (secondary N) is 1. The first-order valence-corrected chi connectivity index (χ1v) is 8.26. The van der Waals surface area contributed by atoms with E-state index >= 15 is 0 Å². The van der Waals surface area contributed by atoms with Crippen LogP contribution in [0.5, 0.6) is 0 Å². The van der Waals surface area contributed by atoms with Crippen LogP contribution in [0, 0.1) is 12.8 Å². The number of aromatic nitrogens is 2. The maximum atomic E-state index is 9.76. The molecule has 6 heteroatoms. The number of hydrogen-bond donors (Lipinski definition) is 2. The van der Waals surface area contributed by atoms with Crippen LogP contribution in [0.3, 0.4) is 0 Å². The first-order valence-electron chi connectivity index (χ1n) is 8.26. The molecule has 0 amide bonds. The van der Waals surface area contributed by atoms with Gasteiger partial charge in [0.15, 0.2) is 0 Å². The summed E-state index contributed by atoms with van der Waals surface area (Å²) in [6, 6.07) is 0. The zero-order valence-corrected chi connectivity index (χ0v) is 13.9. The van der Waals surface area contributed by atoms with Gasteiger partial charge in [-0.3, -0.25) is 4.68 Å². The largest absolute Gasteiger partial charge is 0.394 e. The third kappa shape index (κ3) is 3.00. The van der Waals surface area contributed by atoms with Gasteiger partial charge in [0.25, 0.3) is 0 Å². The number of aryl methyl sites for hydroxylation is 2. The van der Waals surface area contributed by atoms with E-state index in [-0.39, 0.29) is 12.1 Å². The molecule has 1 saturated carbocycles. The lowest BCUT2D eigenvalue weighted by molar-refractivity contribution is 0.122. The van der Waals surface area contributed by atoms with Gasteiger partial charge in [-0.05, 0) is 32.6 Å². The minimum absolute atomic E-state index is 0.176. The Hall–Kier alpha value is -1.11. The lowest BCUT2D eigenvalue weighted by atomic mass is 9.96. The molecule has 1 saturated heterocycles. The Balaban J connectivity index is 1.77. The van der Waals surface area contributed by atoms with E-state index in [2.05, 4.69) is 29.2 Å². The minimum atomic E-state index is -0.176. The first kappa shape index (κ1) is 15.8. The van der Waals surface area contributed by atoms with Crippen LogP contribution < -0.4 is 10.2 Å². The smallest absolute Gasteiger partial charge is 0.131 e. The molecule has 0 spiro atoms. The Morgan fingerprint density at radius 3 is 2.64 bits per heavy atom. The van der Waals surface area contributed by atoms with Gasteiger partial charge >= 0.3 is 0 Å². The summed E-state index contributed by atoms with van der Waals surface area (Å²) >= 11 is 0. The van der Waals surface area contributed by atoms with Crippen molar-refractivity contribution in [3.63, 3.8) is 0 Å². The van der Waals surface area contributed by atoms with Gasteiger partial charge in [-0.15, -0.1) is 0 Å². The molecule has 2 N–H and O–H groups in total. The molecule has 0 unspecified atom stereocenters. The predicted octanol–water partition coefficient (Wildman–Crippen LogP) is 0.816. The third-order valence-electron chi connectivity index (χ3n) is 5.10. The quantitative estimate of drug-likeness (QED) is 0.814. The van der Waals surface area contributed by atoms with Crippen LogP contribution in [0.1, 0.15) is 31.0 Å². The summed E-state index contributed by atoms with van der Waals surface area (Å²) in [6.07, 6.45) is 2.43. The van der Waals surface area contributed by atoms with E-state index < -0.39 is 0 Å². The molecular weight excluding hydrogens is 280 g/mol. The van der Waals surface area contributed by atoms with Gasteiger partial charge in [0.05, 0.1) is 25.5 Å². The number of aliphatic hydroxyl groups is 1. The summed E-state index contributed by atoms with van der Waals surface area (Å²) in [5.74, 6) is 1.78. The average Bonchev–Trinajstić information content (AvgIpc) is 3.33. The second kappa shape index (κ2) is 6.18. The van der Waals surface area contributed by atoms with Gasteiger partial charge in [0, 0.05) is 37.8 Å². The van der Waals surface area contributed by atoms with Gasteiger partial charge in [0.1, 0.15) is 5.82 Å². The molecule has 1 aromatic rings.